The Morgan fingerprint density at radius 1 is 1.11 bits per heavy atom. The fraction of sp³-hybridized carbons (Fsp3) is 0.250. The van der Waals surface area contributed by atoms with E-state index in [0.29, 0.717) is 18.5 Å². The first-order valence-electron chi connectivity index (χ1n) is 10.8. The number of halogens is 3. The number of nitrogens with one attached hydrogen (secondary N) is 2. The van der Waals surface area contributed by atoms with E-state index in [1.165, 1.54) is 43.6 Å². The summed E-state index contributed by atoms with van der Waals surface area (Å²) in [4.78, 5) is 33.2. The lowest BCUT2D eigenvalue weighted by molar-refractivity contribution is -0.138. The number of nitrogens with two attached hydrogens (primary N) is 1. The number of nitrogens with zero attached hydrogens (tertiary/aromatic N) is 2. The highest BCUT2D eigenvalue weighted by molar-refractivity contribution is 5.99. The number of anilines is 1. The second-order valence-electron chi connectivity index (χ2n) is 8.11. The van der Waals surface area contributed by atoms with Crippen LogP contribution in [-0.4, -0.2) is 34.4 Å². The van der Waals surface area contributed by atoms with Crippen molar-refractivity contribution in [2.24, 2.45) is 0 Å². The topological polar surface area (TPSA) is 128 Å². The van der Waals surface area contributed by atoms with Gasteiger partial charge in [0.05, 0.1) is 25.5 Å². The Morgan fingerprint density at radius 2 is 1.86 bits per heavy atom. The first-order chi connectivity index (χ1) is 17.1. The van der Waals surface area contributed by atoms with Crippen molar-refractivity contribution in [3.05, 3.63) is 71.7 Å². The summed E-state index contributed by atoms with van der Waals surface area (Å²) in [7, 11) is 1.27. The average Bonchev–Trinajstić information content (AvgIpc) is 3.63. The van der Waals surface area contributed by atoms with Crippen molar-refractivity contribution in [1.82, 2.24) is 20.6 Å². The van der Waals surface area contributed by atoms with Gasteiger partial charge >= 0.3 is 6.18 Å². The van der Waals surface area contributed by atoms with Crippen molar-refractivity contribution >= 4 is 17.6 Å². The van der Waals surface area contributed by atoms with Crippen LogP contribution in [-0.2, 0) is 17.5 Å². The first kappa shape index (κ1) is 24.8. The summed E-state index contributed by atoms with van der Waals surface area (Å²) in [5, 5.41) is 5.41. The summed E-state index contributed by atoms with van der Waals surface area (Å²) in [5.41, 5.74) is 4.14. The predicted octanol–water partition coefficient (Wildman–Crippen LogP) is 3.46. The molecule has 2 amide bonds. The third-order valence-corrected chi connectivity index (χ3v) is 5.49. The highest BCUT2D eigenvalue weighted by Gasteiger charge is 2.51. The second kappa shape index (κ2) is 9.72. The molecule has 2 aromatic heterocycles. The van der Waals surface area contributed by atoms with Crippen molar-refractivity contribution in [2.75, 3.05) is 12.8 Å². The Hall–Kier alpha value is -4.35. The molecule has 4 rings (SSSR count). The molecular formula is C24H22F3N5O4. The number of hydrogen-bond donors (Lipinski definition) is 3. The maximum absolute atomic E-state index is 13.4. The summed E-state index contributed by atoms with van der Waals surface area (Å²) in [5.74, 6) is -0.959. The summed E-state index contributed by atoms with van der Waals surface area (Å²) in [6.07, 6.45) is -2.45. The van der Waals surface area contributed by atoms with Crippen LogP contribution in [0.15, 0.2) is 54.7 Å². The number of rotatable bonds is 8. The van der Waals surface area contributed by atoms with Crippen LogP contribution in [0.2, 0.25) is 0 Å². The quantitative estimate of drug-likeness (QED) is 0.431. The number of amides is 2. The zero-order chi connectivity index (χ0) is 25.9. The van der Waals surface area contributed by atoms with Gasteiger partial charge in [0.2, 0.25) is 5.91 Å². The van der Waals surface area contributed by atoms with Gasteiger partial charge in [0.25, 0.3) is 5.91 Å². The number of carbonyl (C=O) groups is 2. The van der Waals surface area contributed by atoms with Gasteiger partial charge < -0.3 is 25.8 Å². The minimum absolute atomic E-state index is 0.0452. The highest BCUT2D eigenvalue weighted by Crippen LogP contribution is 2.40. The van der Waals surface area contributed by atoms with E-state index < -0.39 is 28.9 Å². The molecule has 0 saturated heterocycles. The Kier molecular flexibility index (Phi) is 6.69. The first-order valence-corrected chi connectivity index (χ1v) is 10.8. The number of benzene rings is 1. The van der Waals surface area contributed by atoms with E-state index in [-0.39, 0.29) is 35.5 Å². The molecule has 3 aromatic rings. The van der Waals surface area contributed by atoms with Crippen LogP contribution < -0.4 is 25.8 Å². The number of hydrogen-bond acceptors (Lipinski definition) is 7. The monoisotopic (exact) mass is 501 g/mol. The van der Waals surface area contributed by atoms with Gasteiger partial charge in [-0.25, -0.2) is 4.98 Å². The number of ether oxygens (including phenoxy) is 2. The lowest BCUT2D eigenvalue weighted by atomic mass is 10.2. The van der Waals surface area contributed by atoms with Crippen molar-refractivity contribution in [1.29, 1.82) is 0 Å². The van der Waals surface area contributed by atoms with Gasteiger partial charge in [-0.15, -0.1) is 0 Å². The van der Waals surface area contributed by atoms with E-state index in [1.807, 2.05) is 0 Å². The molecule has 1 aliphatic rings. The molecule has 0 radical (unpaired) electrons. The lowest BCUT2D eigenvalue weighted by Crippen LogP contribution is -2.49. The van der Waals surface area contributed by atoms with Crippen LogP contribution in [0.4, 0.5) is 19.0 Å². The standard InChI is InChI=1S/C24H22F3N5O4/c1-35-15-7-8-19(17(11-15)24(25,26)27)36-16-6-5-14(29-13-16)12-30-22(34)23(9-10-23)32-21(33)18-3-2-4-20(28)31-18/h2-8,11,13H,9-10,12H2,1H3,(H2,28,31)(H,30,34)(H,32,33). The Balaban J connectivity index is 1.36. The summed E-state index contributed by atoms with van der Waals surface area (Å²) in [6, 6.07) is 11.0. The number of alkyl halides is 3. The molecule has 0 bridgehead atoms. The van der Waals surface area contributed by atoms with Gasteiger partial charge in [0.15, 0.2) is 0 Å². The molecule has 1 aliphatic carbocycles. The smallest absolute Gasteiger partial charge is 0.420 e. The van der Waals surface area contributed by atoms with Crippen LogP contribution in [0.5, 0.6) is 17.2 Å². The van der Waals surface area contributed by atoms with Crippen LogP contribution in [0.3, 0.4) is 0 Å². The maximum Gasteiger partial charge on any atom is 0.420 e. The summed E-state index contributed by atoms with van der Waals surface area (Å²) >= 11 is 0. The largest absolute Gasteiger partial charge is 0.497 e. The van der Waals surface area contributed by atoms with Crippen LogP contribution in [0, 0.1) is 0 Å². The summed E-state index contributed by atoms with van der Waals surface area (Å²) < 4.78 is 50.4. The van der Waals surface area contributed by atoms with E-state index in [1.54, 1.807) is 12.1 Å². The molecular weight excluding hydrogens is 479 g/mol. The zero-order valence-electron chi connectivity index (χ0n) is 19.1. The van der Waals surface area contributed by atoms with E-state index >= 15 is 0 Å². The maximum atomic E-state index is 13.4. The summed E-state index contributed by atoms with van der Waals surface area (Å²) in [6.45, 7) is 0.0452. The Morgan fingerprint density at radius 3 is 2.47 bits per heavy atom. The molecule has 1 saturated carbocycles. The molecule has 0 atom stereocenters. The van der Waals surface area contributed by atoms with E-state index in [0.717, 1.165) is 6.07 Å². The Bertz CT molecular complexity index is 1280. The minimum atomic E-state index is -4.64. The third-order valence-electron chi connectivity index (χ3n) is 5.49. The van der Waals surface area contributed by atoms with Crippen LogP contribution in [0.1, 0.15) is 34.6 Å². The third kappa shape index (κ3) is 5.65. The number of pyridine rings is 2. The minimum Gasteiger partial charge on any atom is -0.497 e. The van der Waals surface area contributed by atoms with Crippen LogP contribution >= 0.6 is 0 Å². The molecule has 36 heavy (non-hydrogen) atoms. The molecule has 0 unspecified atom stereocenters. The van der Waals surface area contributed by atoms with Gasteiger partial charge in [0, 0.05) is 0 Å². The average molecular weight is 501 g/mol. The van der Waals surface area contributed by atoms with Gasteiger partial charge in [-0.05, 0) is 55.3 Å². The zero-order valence-corrected chi connectivity index (χ0v) is 19.1. The van der Waals surface area contributed by atoms with Crippen molar-refractivity contribution in [3.8, 4) is 17.2 Å². The molecule has 188 valence electrons. The van der Waals surface area contributed by atoms with E-state index in [2.05, 4.69) is 20.6 Å². The normalized spacial score (nSPS) is 14.0. The lowest BCUT2D eigenvalue weighted by Gasteiger charge is -2.17. The van der Waals surface area contributed by atoms with E-state index in [4.69, 9.17) is 15.2 Å². The molecule has 9 nitrogen and oxygen atoms in total. The SMILES string of the molecule is COc1ccc(Oc2ccc(CNC(=O)C3(NC(=O)c4cccc(N)n4)CC3)nc2)c(C(F)(F)F)c1. The number of carbonyl (C=O) groups excluding carboxylic acids is 2. The molecule has 12 heteroatoms. The number of methoxy groups -OCH3 is 1. The van der Waals surface area contributed by atoms with Gasteiger partial charge in [-0.1, -0.05) is 6.07 Å². The van der Waals surface area contributed by atoms with Crippen molar-refractivity contribution < 1.29 is 32.2 Å². The van der Waals surface area contributed by atoms with Gasteiger partial charge in [-0.3, -0.25) is 14.6 Å². The van der Waals surface area contributed by atoms with E-state index in [9.17, 15) is 22.8 Å². The highest BCUT2D eigenvalue weighted by atomic mass is 19.4. The Labute approximate surface area is 203 Å². The van der Waals surface area contributed by atoms with Gasteiger partial charge in [-0.2, -0.15) is 13.2 Å². The number of aromatic nitrogens is 2. The molecule has 1 aromatic carbocycles. The molecule has 2 heterocycles. The number of nitrogen functional groups attached to an aromatic ring is 1. The fourth-order valence-corrected chi connectivity index (χ4v) is 3.38. The fourth-order valence-electron chi connectivity index (χ4n) is 3.38. The van der Waals surface area contributed by atoms with Gasteiger partial charge in [0.1, 0.15) is 39.9 Å². The van der Waals surface area contributed by atoms with Crippen molar-refractivity contribution in [3.63, 3.8) is 0 Å². The van der Waals surface area contributed by atoms with Crippen LogP contribution in [0.25, 0.3) is 0 Å². The van der Waals surface area contributed by atoms with Crippen molar-refractivity contribution in [2.45, 2.75) is 31.1 Å². The second-order valence-corrected chi connectivity index (χ2v) is 8.11. The molecule has 0 aliphatic heterocycles. The molecule has 0 spiro atoms. The molecule has 1 fully saturated rings. The molecule has 4 N–H and O–H groups in total. The predicted molar refractivity (Wildman–Crippen MR) is 122 cm³/mol.